The van der Waals surface area contributed by atoms with Crippen molar-refractivity contribution in [2.45, 2.75) is 51.5 Å². The fourth-order valence-electron chi connectivity index (χ4n) is 3.20. The third kappa shape index (κ3) is 2.07. The third-order valence-corrected chi connectivity index (χ3v) is 4.09. The highest BCUT2D eigenvalue weighted by atomic mass is 16.2. The van der Waals surface area contributed by atoms with E-state index in [-0.39, 0.29) is 5.91 Å². The zero-order valence-electron chi connectivity index (χ0n) is 9.98. The van der Waals surface area contributed by atoms with E-state index in [1.54, 1.807) is 6.92 Å². The zero-order valence-corrected chi connectivity index (χ0v) is 9.98. The van der Waals surface area contributed by atoms with E-state index in [1.807, 2.05) is 4.90 Å². The van der Waals surface area contributed by atoms with Crippen LogP contribution in [0.3, 0.4) is 0 Å². The molecule has 1 heterocycles. The average molecular weight is 220 g/mol. The molecule has 1 saturated heterocycles. The number of hydrogen-bond donors (Lipinski definition) is 0. The predicted molar refractivity (Wildman–Crippen MR) is 61.5 cm³/mol. The van der Waals surface area contributed by atoms with E-state index in [1.165, 1.54) is 25.7 Å². The van der Waals surface area contributed by atoms with Gasteiger partial charge in [0.15, 0.2) is 0 Å². The molecule has 2 fully saturated rings. The van der Waals surface area contributed by atoms with E-state index >= 15 is 0 Å². The molecule has 2 aliphatic rings. The summed E-state index contributed by atoms with van der Waals surface area (Å²) in [4.78, 5) is 14.1. The molecule has 3 heteroatoms. The Labute approximate surface area is 97.4 Å². The van der Waals surface area contributed by atoms with Crippen molar-refractivity contribution in [2.75, 3.05) is 6.54 Å². The van der Waals surface area contributed by atoms with Crippen LogP contribution in [-0.2, 0) is 4.79 Å². The van der Waals surface area contributed by atoms with Crippen molar-refractivity contribution in [3.8, 4) is 6.07 Å². The zero-order chi connectivity index (χ0) is 11.5. The maximum Gasteiger partial charge on any atom is 0.239 e. The van der Waals surface area contributed by atoms with Crippen molar-refractivity contribution in [2.24, 2.45) is 11.8 Å². The van der Waals surface area contributed by atoms with Gasteiger partial charge in [-0.1, -0.05) is 12.8 Å². The summed E-state index contributed by atoms with van der Waals surface area (Å²) in [5, 5.41) is 8.83. The Hall–Kier alpha value is -1.04. The second kappa shape index (κ2) is 4.86. The summed E-state index contributed by atoms with van der Waals surface area (Å²) >= 11 is 0. The molecule has 0 radical (unpaired) electrons. The van der Waals surface area contributed by atoms with Crippen LogP contribution in [0.25, 0.3) is 0 Å². The van der Waals surface area contributed by atoms with Crippen LogP contribution in [0.15, 0.2) is 0 Å². The normalized spacial score (nSPS) is 31.4. The van der Waals surface area contributed by atoms with Crippen LogP contribution in [0.1, 0.15) is 45.4 Å². The van der Waals surface area contributed by atoms with Gasteiger partial charge in [-0.05, 0) is 38.5 Å². The Morgan fingerprint density at radius 2 is 2.00 bits per heavy atom. The molecule has 3 nitrogen and oxygen atoms in total. The molecule has 1 amide bonds. The summed E-state index contributed by atoms with van der Waals surface area (Å²) in [7, 11) is 0. The minimum absolute atomic E-state index is 0.0547. The van der Waals surface area contributed by atoms with E-state index < -0.39 is 5.92 Å². The first-order valence-corrected chi connectivity index (χ1v) is 6.44. The Balaban J connectivity index is 2.08. The third-order valence-electron chi connectivity index (χ3n) is 4.09. The lowest BCUT2D eigenvalue weighted by Crippen LogP contribution is -2.51. The highest BCUT2D eigenvalue weighted by Crippen LogP contribution is 2.35. The molecule has 88 valence electrons. The molecule has 0 bridgehead atoms. The number of piperidine rings is 1. The Morgan fingerprint density at radius 1 is 1.31 bits per heavy atom. The van der Waals surface area contributed by atoms with E-state index in [9.17, 15) is 4.79 Å². The van der Waals surface area contributed by atoms with E-state index in [0.717, 1.165) is 19.4 Å². The molecule has 3 atom stereocenters. The Bertz CT molecular complexity index is 306. The molecule has 0 aromatic heterocycles. The largest absolute Gasteiger partial charge is 0.338 e. The predicted octanol–water partition coefficient (Wildman–Crippen LogP) is 2.33. The summed E-state index contributed by atoms with van der Waals surface area (Å²) < 4.78 is 0. The van der Waals surface area contributed by atoms with Crippen molar-refractivity contribution < 1.29 is 4.79 Å². The highest BCUT2D eigenvalue weighted by Gasteiger charge is 2.36. The second-order valence-corrected chi connectivity index (χ2v) is 5.14. The highest BCUT2D eigenvalue weighted by molar-refractivity contribution is 5.81. The molecule has 2 rings (SSSR count). The van der Waals surface area contributed by atoms with Gasteiger partial charge in [0.25, 0.3) is 0 Å². The number of amides is 1. The molecule has 1 aliphatic carbocycles. The van der Waals surface area contributed by atoms with Gasteiger partial charge in [0.2, 0.25) is 5.91 Å². The summed E-state index contributed by atoms with van der Waals surface area (Å²) in [5.41, 5.74) is 0. The molecule has 1 saturated carbocycles. The molecule has 0 aromatic rings. The number of rotatable bonds is 1. The van der Waals surface area contributed by atoms with Gasteiger partial charge >= 0.3 is 0 Å². The minimum atomic E-state index is -0.472. The lowest BCUT2D eigenvalue weighted by atomic mass is 9.78. The van der Waals surface area contributed by atoms with Gasteiger partial charge in [-0.2, -0.15) is 5.26 Å². The number of likely N-dealkylation sites (tertiary alicyclic amines) is 1. The van der Waals surface area contributed by atoms with Crippen molar-refractivity contribution in [3.63, 3.8) is 0 Å². The maximum atomic E-state index is 12.1. The number of carbonyl (C=O) groups is 1. The molecular formula is C13H20N2O. The first-order valence-electron chi connectivity index (χ1n) is 6.44. The maximum absolute atomic E-state index is 12.1. The number of carbonyl (C=O) groups excluding carboxylic acids is 1. The molecule has 1 aliphatic heterocycles. The molecule has 0 N–H and O–H groups in total. The Morgan fingerprint density at radius 3 is 2.75 bits per heavy atom. The van der Waals surface area contributed by atoms with E-state index in [4.69, 9.17) is 5.26 Å². The van der Waals surface area contributed by atoms with Crippen LogP contribution in [0.5, 0.6) is 0 Å². The number of nitriles is 1. The van der Waals surface area contributed by atoms with Crippen LogP contribution < -0.4 is 0 Å². The van der Waals surface area contributed by atoms with Crippen molar-refractivity contribution in [1.29, 1.82) is 5.26 Å². The smallest absolute Gasteiger partial charge is 0.239 e. The number of hydrogen-bond acceptors (Lipinski definition) is 2. The van der Waals surface area contributed by atoms with Crippen LogP contribution in [0.4, 0.5) is 0 Å². The van der Waals surface area contributed by atoms with Crippen LogP contribution in [0, 0.1) is 23.2 Å². The standard InChI is InChI=1S/C13H20N2O/c1-10(9-14)13(16)15-8-4-6-11-5-2-3-7-12(11)15/h10-12H,2-8H2,1H3. The summed E-state index contributed by atoms with van der Waals surface area (Å²) in [6, 6.07) is 2.50. The first kappa shape index (κ1) is 11.4. The summed E-state index contributed by atoms with van der Waals surface area (Å²) in [6.45, 7) is 2.58. The quantitative estimate of drug-likeness (QED) is 0.680. The number of fused-ring (bicyclic) bond motifs is 1. The van der Waals surface area contributed by atoms with Gasteiger partial charge in [0.1, 0.15) is 5.92 Å². The van der Waals surface area contributed by atoms with Crippen LogP contribution in [0.2, 0.25) is 0 Å². The molecule has 16 heavy (non-hydrogen) atoms. The van der Waals surface area contributed by atoms with Crippen molar-refractivity contribution in [1.82, 2.24) is 4.90 Å². The van der Waals surface area contributed by atoms with Gasteiger partial charge < -0.3 is 4.90 Å². The van der Waals surface area contributed by atoms with Crippen LogP contribution in [-0.4, -0.2) is 23.4 Å². The van der Waals surface area contributed by atoms with E-state index in [2.05, 4.69) is 6.07 Å². The fourth-order valence-corrected chi connectivity index (χ4v) is 3.20. The van der Waals surface area contributed by atoms with Gasteiger partial charge in [0, 0.05) is 12.6 Å². The van der Waals surface area contributed by atoms with Crippen molar-refractivity contribution >= 4 is 5.91 Å². The second-order valence-electron chi connectivity index (χ2n) is 5.14. The lowest BCUT2D eigenvalue weighted by Gasteiger charge is -2.44. The molecular weight excluding hydrogens is 200 g/mol. The summed E-state index contributed by atoms with van der Waals surface area (Å²) in [5.74, 6) is 0.289. The number of nitrogens with zero attached hydrogens (tertiary/aromatic N) is 2. The monoisotopic (exact) mass is 220 g/mol. The molecule has 0 aromatic carbocycles. The van der Waals surface area contributed by atoms with E-state index in [0.29, 0.717) is 12.0 Å². The SMILES string of the molecule is CC(C#N)C(=O)N1CCCC2CCCCC21. The lowest BCUT2D eigenvalue weighted by molar-refractivity contribution is -0.139. The fraction of sp³-hybridized carbons (Fsp3) is 0.846. The van der Waals surface area contributed by atoms with Gasteiger partial charge in [-0.25, -0.2) is 0 Å². The van der Waals surface area contributed by atoms with Gasteiger partial charge in [0.05, 0.1) is 6.07 Å². The van der Waals surface area contributed by atoms with Crippen LogP contribution >= 0.6 is 0 Å². The topological polar surface area (TPSA) is 44.1 Å². The van der Waals surface area contributed by atoms with Crippen molar-refractivity contribution in [3.05, 3.63) is 0 Å². The summed E-state index contributed by atoms with van der Waals surface area (Å²) in [6.07, 6.45) is 7.37. The molecule has 0 spiro atoms. The van der Waals surface area contributed by atoms with Gasteiger partial charge in [-0.15, -0.1) is 0 Å². The first-order chi connectivity index (χ1) is 7.74. The van der Waals surface area contributed by atoms with Gasteiger partial charge in [-0.3, -0.25) is 4.79 Å². The average Bonchev–Trinajstić information content (AvgIpc) is 2.36. The minimum Gasteiger partial charge on any atom is -0.338 e. The molecule has 3 unspecified atom stereocenters. The Kier molecular flexibility index (Phi) is 3.48.